The van der Waals surface area contributed by atoms with E-state index in [1.54, 1.807) is 11.8 Å². The smallest absolute Gasteiger partial charge is 0.175 e. The molecule has 2 heterocycles. The Kier molecular flexibility index (Phi) is 5.33. The maximum absolute atomic E-state index is 12.9. The van der Waals surface area contributed by atoms with Gasteiger partial charge >= 0.3 is 0 Å². The number of aromatic nitrogens is 2. The van der Waals surface area contributed by atoms with Gasteiger partial charge in [-0.05, 0) is 57.1 Å². The number of hydrogen-bond acceptors (Lipinski definition) is 5. The lowest BCUT2D eigenvalue weighted by molar-refractivity contribution is 0.0994. The molecule has 27 heavy (non-hydrogen) atoms. The number of Topliss-reactive ketones (excluding diaryl/α,β-unsaturated/α-hetero) is 1. The van der Waals surface area contributed by atoms with E-state index in [4.69, 9.17) is 4.98 Å². The summed E-state index contributed by atoms with van der Waals surface area (Å²) in [6.07, 6.45) is 5.74. The maximum Gasteiger partial charge on any atom is 0.175 e. The van der Waals surface area contributed by atoms with Crippen LogP contribution in [0.15, 0.2) is 29.3 Å². The van der Waals surface area contributed by atoms with E-state index in [2.05, 4.69) is 11.9 Å². The average molecular weight is 397 g/mol. The summed E-state index contributed by atoms with van der Waals surface area (Å²) in [7, 11) is 0. The molecule has 0 aliphatic heterocycles. The summed E-state index contributed by atoms with van der Waals surface area (Å²) in [5.74, 6) is 0.951. The minimum absolute atomic E-state index is 0.163. The van der Waals surface area contributed by atoms with Crippen molar-refractivity contribution in [2.45, 2.75) is 63.2 Å². The van der Waals surface area contributed by atoms with Gasteiger partial charge in [-0.25, -0.2) is 9.97 Å². The molecule has 1 atom stereocenters. The summed E-state index contributed by atoms with van der Waals surface area (Å²) < 4.78 is 0. The van der Waals surface area contributed by atoms with Crippen molar-refractivity contribution in [3.05, 3.63) is 51.7 Å². The molecule has 0 fully saturated rings. The second kappa shape index (κ2) is 7.72. The Hall–Kier alpha value is -1.72. The Morgan fingerprint density at radius 2 is 1.93 bits per heavy atom. The molecule has 0 bridgehead atoms. The van der Waals surface area contributed by atoms with E-state index in [9.17, 15) is 4.79 Å². The van der Waals surface area contributed by atoms with Gasteiger partial charge in [0.15, 0.2) is 5.78 Å². The highest BCUT2D eigenvalue weighted by atomic mass is 32.2. The van der Waals surface area contributed by atoms with Crippen LogP contribution >= 0.6 is 23.1 Å². The molecule has 3 aromatic rings. The van der Waals surface area contributed by atoms with Gasteiger partial charge in [0, 0.05) is 15.8 Å². The van der Waals surface area contributed by atoms with Gasteiger partial charge in [0.2, 0.25) is 0 Å². The molecule has 0 saturated heterocycles. The number of benzene rings is 1. The topological polar surface area (TPSA) is 42.9 Å². The van der Waals surface area contributed by atoms with Crippen molar-refractivity contribution in [3.8, 4) is 0 Å². The van der Waals surface area contributed by atoms with E-state index in [0.717, 1.165) is 40.5 Å². The minimum Gasteiger partial charge on any atom is -0.293 e. The zero-order chi connectivity index (χ0) is 19.0. The Bertz CT molecular complexity index is 992. The molecule has 0 saturated carbocycles. The molecule has 5 heteroatoms. The van der Waals surface area contributed by atoms with E-state index in [-0.39, 0.29) is 11.0 Å². The van der Waals surface area contributed by atoms with Crippen LogP contribution in [-0.4, -0.2) is 21.0 Å². The summed E-state index contributed by atoms with van der Waals surface area (Å²) in [5, 5.41) is 2.00. The number of nitrogens with zero attached hydrogens (tertiary/aromatic N) is 2. The molecular weight excluding hydrogens is 372 g/mol. The Morgan fingerprint density at radius 1 is 1.19 bits per heavy atom. The van der Waals surface area contributed by atoms with Crippen molar-refractivity contribution in [1.82, 2.24) is 9.97 Å². The molecule has 1 aliphatic carbocycles. The number of carbonyl (C=O) groups excluding carboxylic acids is 1. The van der Waals surface area contributed by atoms with Crippen LogP contribution in [0.4, 0.5) is 0 Å². The molecule has 0 spiro atoms. The van der Waals surface area contributed by atoms with Crippen LogP contribution in [0.2, 0.25) is 0 Å². The molecule has 140 valence electrons. The fourth-order valence-corrected chi connectivity index (χ4v) is 6.14. The molecule has 4 rings (SSSR count). The first kappa shape index (κ1) is 18.6. The number of rotatable bonds is 5. The van der Waals surface area contributed by atoms with E-state index < -0.39 is 0 Å². The van der Waals surface area contributed by atoms with Crippen LogP contribution in [-0.2, 0) is 19.3 Å². The van der Waals surface area contributed by atoms with Crippen LogP contribution < -0.4 is 0 Å². The highest BCUT2D eigenvalue weighted by molar-refractivity contribution is 8.00. The number of carbonyl (C=O) groups is 1. The molecule has 2 aromatic heterocycles. The largest absolute Gasteiger partial charge is 0.293 e. The first-order valence-electron chi connectivity index (χ1n) is 9.65. The summed E-state index contributed by atoms with van der Waals surface area (Å²) in [4.78, 5) is 24.9. The monoisotopic (exact) mass is 396 g/mol. The first-order valence-corrected chi connectivity index (χ1v) is 11.3. The second-order valence-electron chi connectivity index (χ2n) is 7.14. The van der Waals surface area contributed by atoms with E-state index in [1.165, 1.54) is 34.2 Å². The van der Waals surface area contributed by atoms with Gasteiger partial charge in [0.05, 0.1) is 5.25 Å². The first-order chi connectivity index (χ1) is 13.1. The lowest BCUT2D eigenvalue weighted by Gasteiger charge is -2.14. The second-order valence-corrected chi connectivity index (χ2v) is 9.55. The average Bonchev–Trinajstić information content (AvgIpc) is 3.05. The number of thioether (sulfide) groups is 1. The highest BCUT2D eigenvalue weighted by Crippen LogP contribution is 2.40. The normalized spacial score (nSPS) is 14.9. The van der Waals surface area contributed by atoms with Crippen molar-refractivity contribution in [2.24, 2.45) is 0 Å². The third-order valence-corrected chi connectivity index (χ3v) is 7.47. The number of ketones is 1. The number of thiophene rings is 1. The maximum atomic E-state index is 12.9. The van der Waals surface area contributed by atoms with Gasteiger partial charge in [-0.3, -0.25) is 4.79 Å². The molecular formula is C22H24N2OS2. The quantitative estimate of drug-likeness (QED) is 0.310. The lowest BCUT2D eigenvalue weighted by Crippen LogP contribution is -2.14. The predicted molar refractivity (Wildman–Crippen MR) is 114 cm³/mol. The lowest BCUT2D eigenvalue weighted by atomic mass is 9.97. The van der Waals surface area contributed by atoms with Crippen molar-refractivity contribution in [2.75, 3.05) is 0 Å². The highest BCUT2D eigenvalue weighted by Gasteiger charge is 2.24. The van der Waals surface area contributed by atoms with Crippen molar-refractivity contribution < 1.29 is 4.79 Å². The summed E-state index contributed by atoms with van der Waals surface area (Å²) in [6, 6.07) is 8.00. The van der Waals surface area contributed by atoms with Gasteiger partial charge in [-0.2, -0.15) is 0 Å². The van der Waals surface area contributed by atoms with E-state index in [0.29, 0.717) is 0 Å². The summed E-state index contributed by atoms with van der Waals surface area (Å²) >= 11 is 3.40. The zero-order valence-electron chi connectivity index (χ0n) is 16.0. The van der Waals surface area contributed by atoms with Crippen LogP contribution in [0.3, 0.4) is 0 Å². The van der Waals surface area contributed by atoms with Crippen LogP contribution in [0.1, 0.15) is 58.9 Å². The van der Waals surface area contributed by atoms with Crippen molar-refractivity contribution in [3.63, 3.8) is 0 Å². The number of hydrogen-bond donors (Lipinski definition) is 0. The third-order valence-electron chi connectivity index (χ3n) is 5.20. The summed E-state index contributed by atoms with van der Waals surface area (Å²) in [5.41, 5.74) is 3.46. The van der Waals surface area contributed by atoms with Gasteiger partial charge in [-0.1, -0.05) is 43.0 Å². The fourth-order valence-electron chi connectivity index (χ4n) is 3.67. The third kappa shape index (κ3) is 3.67. The molecule has 0 radical (unpaired) electrons. The summed E-state index contributed by atoms with van der Waals surface area (Å²) in [6.45, 7) is 6.06. The Labute approximate surface area is 168 Å². The zero-order valence-corrected chi connectivity index (χ0v) is 17.7. The Balaban J connectivity index is 1.65. The minimum atomic E-state index is -0.172. The number of aryl methyl sites for hydroxylation is 4. The van der Waals surface area contributed by atoms with E-state index in [1.807, 2.05) is 49.4 Å². The standard InChI is InChI=1S/C22H24N2OS2/c1-4-15-9-11-16(12-10-15)20(25)13(2)26-21-19-17-7-5-6-8-18(17)27-22(19)24-14(3)23-21/h9-13H,4-8H2,1-3H3. The van der Waals surface area contributed by atoms with Crippen LogP contribution in [0, 0.1) is 6.92 Å². The molecule has 3 nitrogen and oxygen atoms in total. The SMILES string of the molecule is CCc1ccc(C(=O)C(C)Sc2nc(C)nc3sc4c(c23)CCCC4)cc1. The Morgan fingerprint density at radius 3 is 2.67 bits per heavy atom. The van der Waals surface area contributed by atoms with Gasteiger partial charge in [-0.15, -0.1) is 11.3 Å². The van der Waals surface area contributed by atoms with Crippen molar-refractivity contribution in [1.29, 1.82) is 0 Å². The molecule has 1 aliphatic rings. The molecule has 0 amide bonds. The van der Waals surface area contributed by atoms with Crippen LogP contribution in [0.5, 0.6) is 0 Å². The fraction of sp³-hybridized carbons (Fsp3) is 0.409. The van der Waals surface area contributed by atoms with Gasteiger partial charge in [0.25, 0.3) is 0 Å². The molecule has 1 aromatic carbocycles. The molecule has 0 N–H and O–H groups in total. The van der Waals surface area contributed by atoms with Crippen molar-refractivity contribution >= 4 is 39.1 Å². The van der Waals surface area contributed by atoms with Gasteiger partial charge < -0.3 is 0 Å². The van der Waals surface area contributed by atoms with Crippen LogP contribution in [0.25, 0.3) is 10.2 Å². The predicted octanol–water partition coefficient (Wildman–Crippen LogP) is 5.80. The molecule has 1 unspecified atom stereocenters. The van der Waals surface area contributed by atoms with E-state index >= 15 is 0 Å². The number of fused-ring (bicyclic) bond motifs is 3. The van der Waals surface area contributed by atoms with Gasteiger partial charge in [0.1, 0.15) is 15.7 Å².